The van der Waals surface area contributed by atoms with E-state index in [0.29, 0.717) is 34.4 Å². The highest BCUT2D eigenvalue weighted by molar-refractivity contribution is 6.31. The standard InChI is InChI=1S/C22H18ClN3O3/c1-28-20-9-8-15(23)11-19(20)22(27)25-16-5-4-6-18(12-16)29-14-17-13-26-10-3-2-7-21(26)24-17/h2-13H,14H2,1H3,(H,25,27). The van der Waals surface area contributed by atoms with Gasteiger partial charge in [0.2, 0.25) is 0 Å². The number of carbonyl (C=O) groups excluding carboxylic acids is 1. The molecule has 0 saturated carbocycles. The highest BCUT2D eigenvalue weighted by atomic mass is 35.5. The van der Waals surface area contributed by atoms with Crippen molar-refractivity contribution >= 4 is 28.8 Å². The van der Waals surface area contributed by atoms with Crippen LogP contribution in [0.5, 0.6) is 11.5 Å². The summed E-state index contributed by atoms with van der Waals surface area (Å²) in [4.78, 5) is 17.1. The smallest absolute Gasteiger partial charge is 0.259 e. The summed E-state index contributed by atoms with van der Waals surface area (Å²) in [7, 11) is 1.51. The van der Waals surface area contributed by atoms with Crippen molar-refractivity contribution in [1.82, 2.24) is 9.38 Å². The summed E-state index contributed by atoms with van der Waals surface area (Å²) in [5, 5.41) is 3.30. The third-order valence-corrected chi connectivity index (χ3v) is 4.53. The van der Waals surface area contributed by atoms with Crippen molar-refractivity contribution in [2.45, 2.75) is 6.61 Å². The fourth-order valence-electron chi connectivity index (χ4n) is 2.93. The van der Waals surface area contributed by atoms with Gasteiger partial charge in [0.1, 0.15) is 23.8 Å². The van der Waals surface area contributed by atoms with Crippen LogP contribution >= 0.6 is 11.6 Å². The van der Waals surface area contributed by atoms with Crippen molar-refractivity contribution in [3.8, 4) is 11.5 Å². The summed E-state index contributed by atoms with van der Waals surface area (Å²) in [6.45, 7) is 0.321. The molecule has 0 bridgehead atoms. The molecule has 1 N–H and O–H groups in total. The van der Waals surface area contributed by atoms with E-state index in [-0.39, 0.29) is 5.91 Å². The van der Waals surface area contributed by atoms with Gasteiger partial charge in [-0.15, -0.1) is 0 Å². The molecule has 4 aromatic rings. The second-order valence-electron chi connectivity index (χ2n) is 6.31. The second kappa shape index (κ2) is 8.24. The highest BCUT2D eigenvalue weighted by Gasteiger charge is 2.13. The minimum Gasteiger partial charge on any atom is -0.496 e. The van der Waals surface area contributed by atoms with Gasteiger partial charge in [0.05, 0.1) is 18.4 Å². The van der Waals surface area contributed by atoms with E-state index in [4.69, 9.17) is 21.1 Å². The minimum absolute atomic E-state index is 0.318. The van der Waals surface area contributed by atoms with Crippen molar-refractivity contribution in [3.05, 3.63) is 89.3 Å². The number of imidazole rings is 1. The van der Waals surface area contributed by atoms with Crippen LogP contribution < -0.4 is 14.8 Å². The minimum atomic E-state index is -0.318. The zero-order valence-corrected chi connectivity index (χ0v) is 16.4. The lowest BCUT2D eigenvalue weighted by atomic mass is 10.2. The molecule has 0 saturated heterocycles. The first kappa shape index (κ1) is 18.8. The topological polar surface area (TPSA) is 64.9 Å². The number of pyridine rings is 1. The fourth-order valence-corrected chi connectivity index (χ4v) is 3.11. The summed E-state index contributed by atoms with van der Waals surface area (Å²) in [6, 6.07) is 17.9. The summed E-state index contributed by atoms with van der Waals surface area (Å²) in [5.74, 6) is 0.755. The van der Waals surface area contributed by atoms with Gasteiger partial charge in [-0.05, 0) is 42.5 Å². The number of hydrogen-bond donors (Lipinski definition) is 1. The third-order valence-electron chi connectivity index (χ3n) is 4.30. The van der Waals surface area contributed by atoms with Crippen molar-refractivity contribution < 1.29 is 14.3 Å². The SMILES string of the molecule is COc1ccc(Cl)cc1C(=O)Nc1cccc(OCc2cn3ccccc3n2)c1. The molecular weight excluding hydrogens is 390 g/mol. The van der Waals surface area contributed by atoms with Gasteiger partial charge in [-0.3, -0.25) is 4.79 Å². The Morgan fingerprint density at radius 1 is 1.14 bits per heavy atom. The molecular formula is C22H18ClN3O3. The van der Waals surface area contributed by atoms with E-state index in [9.17, 15) is 4.79 Å². The molecule has 1 amide bonds. The van der Waals surface area contributed by atoms with Gasteiger partial charge >= 0.3 is 0 Å². The maximum atomic E-state index is 12.6. The molecule has 0 aliphatic heterocycles. The Bertz CT molecular complexity index is 1140. The lowest BCUT2D eigenvalue weighted by Crippen LogP contribution is -2.13. The van der Waals surface area contributed by atoms with Crippen LogP contribution in [0.2, 0.25) is 5.02 Å². The first-order valence-corrected chi connectivity index (χ1v) is 9.30. The van der Waals surface area contributed by atoms with Crippen LogP contribution in [0, 0.1) is 0 Å². The van der Waals surface area contributed by atoms with Gasteiger partial charge in [0.15, 0.2) is 0 Å². The van der Waals surface area contributed by atoms with Gasteiger partial charge in [0.25, 0.3) is 5.91 Å². The Hall–Kier alpha value is -3.51. The first-order chi connectivity index (χ1) is 14.1. The third kappa shape index (κ3) is 4.33. The molecule has 0 spiro atoms. The molecule has 6 nitrogen and oxygen atoms in total. The number of rotatable bonds is 6. The van der Waals surface area contributed by atoms with Gasteiger partial charge in [-0.1, -0.05) is 23.7 Å². The van der Waals surface area contributed by atoms with Crippen molar-refractivity contribution in [1.29, 1.82) is 0 Å². The van der Waals surface area contributed by atoms with Crippen LogP contribution in [-0.4, -0.2) is 22.4 Å². The number of benzene rings is 2. The van der Waals surface area contributed by atoms with E-state index in [1.165, 1.54) is 7.11 Å². The Kier molecular flexibility index (Phi) is 5.35. The van der Waals surface area contributed by atoms with Crippen LogP contribution in [-0.2, 0) is 6.61 Å². The quantitative estimate of drug-likeness (QED) is 0.497. The van der Waals surface area contributed by atoms with E-state index in [1.807, 2.05) is 47.1 Å². The molecule has 4 rings (SSSR count). The van der Waals surface area contributed by atoms with Crippen molar-refractivity contribution in [2.75, 3.05) is 12.4 Å². The maximum absolute atomic E-state index is 12.6. The number of nitrogens with one attached hydrogen (secondary N) is 1. The average molecular weight is 408 g/mol. The normalized spacial score (nSPS) is 10.7. The van der Waals surface area contributed by atoms with Crippen LogP contribution in [0.1, 0.15) is 16.1 Å². The Labute approximate surface area is 172 Å². The lowest BCUT2D eigenvalue weighted by Gasteiger charge is -2.11. The van der Waals surface area contributed by atoms with Crippen LogP contribution in [0.3, 0.4) is 0 Å². The number of aromatic nitrogens is 2. The predicted molar refractivity (Wildman–Crippen MR) is 112 cm³/mol. The van der Waals surface area contributed by atoms with Gasteiger partial charge in [-0.2, -0.15) is 0 Å². The second-order valence-corrected chi connectivity index (χ2v) is 6.75. The van der Waals surface area contributed by atoms with E-state index in [0.717, 1.165) is 11.3 Å². The number of fused-ring (bicyclic) bond motifs is 1. The molecule has 0 aliphatic carbocycles. The number of anilines is 1. The number of carbonyl (C=O) groups is 1. The molecule has 2 heterocycles. The number of halogens is 1. The summed E-state index contributed by atoms with van der Waals surface area (Å²) in [5.41, 5.74) is 2.64. The summed E-state index contributed by atoms with van der Waals surface area (Å²) < 4.78 is 13.0. The number of nitrogens with zero attached hydrogens (tertiary/aromatic N) is 2. The molecule has 2 aromatic heterocycles. The Balaban J connectivity index is 1.46. The first-order valence-electron chi connectivity index (χ1n) is 8.93. The molecule has 146 valence electrons. The average Bonchev–Trinajstić information content (AvgIpc) is 3.15. The monoisotopic (exact) mass is 407 g/mol. The molecule has 0 fully saturated rings. The fraction of sp³-hybridized carbons (Fsp3) is 0.0909. The zero-order chi connectivity index (χ0) is 20.2. The van der Waals surface area contributed by atoms with Crippen molar-refractivity contribution in [3.63, 3.8) is 0 Å². The lowest BCUT2D eigenvalue weighted by molar-refractivity contribution is 0.102. The highest BCUT2D eigenvalue weighted by Crippen LogP contribution is 2.25. The largest absolute Gasteiger partial charge is 0.496 e. The van der Waals surface area contributed by atoms with Crippen LogP contribution in [0.25, 0.3) is 5.65 Å². The molecule has 2 aromatic carbocycles. The molecule has 0 radical (unpaired) electrons. The number of methoxy groups -OCH3 is 1. The van der Waals surface area contributed by atoms with E-state index >= 15 is 0 Å². The van der Waals surface area contributed by atoms with Gasteiger partial charge < -0.3 is 19.2 Å². The van der Waals surface area contributed by atoms with Gasteiger partial charge in [0, 0.05) is 29.2 Å². The van der Waals surface area contributed by atoms with Crippen LogP contribution in [0.15, 0.2) is 73.1 Å². The van der Waals surface area contributed by atoms with E-state index in [1.54, 1.807) is 30.3 Å². The zero-order valence-electron chi connectivity index (χ0n) is 15.6. The molecule has 7 heteroatoms. The number of amides is 1. The summed E-state index contributed by atoms with van der Waals surface area (Å²) in [6.07, 6.45) is 3.86. The van der Waals surface area contributed by atoms with Crippen molar-refractivity contribution in [2.24, 2.45) is 0 Å². The van der Waals surface area contributed by atoms with E-state index in [2.05, 4.69) is 10.3 Å². The summed E-state index contributed by atoms with van der Waals surface area (Å²) >= 11 is 6.01. The van der Waals surface area contributed by atoms with Gasteiger partial charge in [-0.25, -0.2) is 4.98 Å². The molecule has 29 heavy (non-hydrogen) atoms. The predicted octanol–water partition coefficient (Wildman–Crippen LogP) is 4.83. The van der Waals surface area contributed by atoms with Crippen LogP contribution in [0.4, 0.5) is 5.69 Å². The Morgan fingerprint density at radius 3 is 2.86 bits per heavy atom. The Morgan fingerprint density at radius 2 is 2.03 bits per heavy atom. The molecule has 0 atom stereocenters. The number of ether oxygens (including phenoxy) is 2. The van der Waals surface area contributed by atoms with E-state index < -0.39 is 0 Å². The molecule has 0 unspecified atom stereocenters. The maximum Gasteiger partial charge on any atom is 0.259 e. The number of hydrogen-bond acceptors (Lipinski definition) is 4. The molecule has 0 aliphatic rings.